The zero-order valence-corrected chi connectivity index (χ0v) is 15.9. The van der Waals surface area contributed by atoms with Gasteiger partial charge in [0.1, 0.15) is 6.61 Å². The first kappa shape index (κ1) is 23.6. The van der Waals surface area contributed by atoms with Gasteiger partial charge in [0.05, 0.1) is 0 Å². The molecule has 1 atom stereocenters. The SMILES string of the molecule is C=C(C)C(=O)OC(CCCC)C(CO)(OC(=O)C(=C)C)OC(=O)C(=C)C. The Balaban J connectivity index is 6.00. The van der Waals surface area contributed by atoms with E-state index in [0.29, 0.717) is 6.42 Å². The molecule has 1 N–H and O–H groups in total. The van der Waals surface area contributed by atoms with Gasteiger partial charge in [0.2, 0.25) is 0 Å². The normalized spacial score (nSPS) is 11.9. The predicted octanol–water partition coefficient (Wildman–Crippen LogP) is 2.59. The van der Waals surface area contributed by atoms with Crippen LogP contribution in [0.4, 0.5) is 0 Å². The Morgan fingerprint density at radius 1 is 0.923 bits per heavy atom. The van der Waals surface area contributed by atoms with Crippen molar-refractivity contribution in [1.82, 2.24) is 0 Å². The fourth-order valence-corrected chi connectivity index (χ4v) is 1.79. The molecule has 26 heavy (non-hydrogen) atoms. The molecule has 0 radical (unpaired) electrons. The second-order valence-electron chi connectivity index (χ2n) is 6.13. The van der Waals surface area contributed by atoms with E-state index in [2.05, 4.69) is 19.7 Å². The first-order valence-corrected chi connectivity index (χ1v) is 8.25. The first-order valence-electron chi connectivity index (χ1n) is 8.25. The van der Waals surface area contributed by atoms with E-state index in [0.717, 1.165) is 6.42 Å². The van der Waals surface area contributed by atoms with Gasteiger partial charge in [-0.3, -0.25) is 0 Å². The average Bonchev–Trinajstić information content (AvgIpc) is 2.56. The number of rotatable bonds is 11. The Morgan fingerprint density at radius 3 is 1.65 bits per heavy atom. The highest BCUT2D eigenvalue weighted by atomic mass is 16.8. The van der Waals surface area contributed by atoms with Gasteiger partial charge < -0.3 is 19.3 Å². The minimum absolute atomic E-state index is 0.0228. The van der Waals surface area contributed by atoms with Crippen LogP contribution < -0.4 is 0 Å². The van der Waals surface area contributed by atoms with Gasteiger partial charge >= 0.3 is 23.7 Å². The van der Waals surface area contributed by atoms with Crippen molar-refractivity contribution < 1.29 is 33.7 Å². The molecule has 0 aromatic heterocycles. The van der Waals surface area contributed by atoms with Gasteiger partial charge in [-0.15, -0.1) is 0 Å². The number of aliphatic hydroxyl groups excluding tert-OH is 1. The smallest absolute Gasteiger partial charge is 0.336 e. The molecule has 1 unspecified atom stereocenters. The van der Waals surface area contributed by atoms with Crippen molar-refractivity contribution >= 4 is 17.9 Å². The van der Waals surface area contributed by atoms with Crippen LogP contribution >= 0.6 is 0 Å². The highest BCUT2D eigenvalue weighted by molar-refractivity contribution is 5.89. The van der Waals surface area contributed by atoms with Crippen LogP contribution in [0.1, 0.15) is 47.0 Å². The highest BCUT2D eigenvalue weighted by Crippen LogP contribution is 2.28. The fraction of sp³-hybridized carbons (Fsp3) is 0.526. The van der Waals surface area contributed by atoms with E-state index >= 15 is 0 Å². The van der Waals surface area contributed by atoms with Crippen LogP contribution in [0.5, 0.6) is 0 Å². The van der Waals surface area contributed by atoms with Crippen LogP contribution in [0.3, 0.4) is 0 Å². The number of carbonyl (C=O) groups excluding carboxylic acids is 3. The fourth-order valence-electron chi connectivity index (χ4n) is 1.79. The van der Waals surface area contributed by atoms with Crippen molar-refractivity contribution in [3.8, 4) is 0 Å². The molecule has 0 aliphatic carbocycles. The summed E-state index contributed by atoms with van der Waals surface area (Å²) in [5.74, 6) is -4.78. The van der Waals surface area contributed by atoms with Crippen molar-refractivity contribution in [2.24, 2.45) is 0 Å². The molecular weight excluding hydrogens is 340 g/mol. The average molecular weight is 368 g/mol. The summed E-state index contributed by atoms with van der Waals surface area (Å²) in [4.78, 5) is 36.1. The van der Waals surface area contributed by atoms with E-state index in [4.69, 9.17) is 14.2 Å². The lowest BCUT2D eigenvalue weighted by Crippen LogP contribution is -2.55. The van der Waals surface area contributed by atoms with Crippen molar-refractivity contribution in [1.29, 1.82) is 0 Å². The Morgan fingerprint density at radius 2 is 1.35 bits per heavy atom. The van der Waals surface area contributed by atoms with Gasteiger partial charge in [0.15, 0.2) is 6.10 Å². The van der Waals surface area contributed by atoms with Gasteiger partial charge in [-0.25, -0.2) is 14.4 Å². The Hall–Kier alpha value is -2.41. The summed E-state index contributed by atoms with van der Waals surface area (Å²) in [5.41, 5.74) is 0.153. The molecule has 0 bridgehead atoms. The summed E-state index contributed by atoms with van der Waals surface area (Å²) in [7, 11) is 0. The molecular formula is C19H28O7. The summed E-state index contributed by atoms with van der Waals surface area (Å²) in [5, 5.41) is 9.93. The molecule has 0 rings (SSSR count). The quantitative estimate of drug-likeness (QED) is 0.340. The van der Waals surface area contributed by atoms with E-state index in [-0.39, 0.29) is 23.1 Å². The van der Waals surface area contributed by atoms with Crippen LogP contribution in [-0.4, -0.2) is 41.5 Å². The largest absolute Gasteiger partial charge is 0.451 e. The Bertz CT molecular complexity index is 561. The predicted molar refractivity (Wildman–Crippen MR) is 95.8 cm³/mol. The summed E-state index contributed by atoms with van der Waals surface area (Å²) in [6.45, 7) is 15.6. The van der Waals surface area contributed by atoms with Crippen molar-refractivity contribution in [3.63, 3.8) is 0 Å². The van der Waals surface area contributed by atoms with Crippen LogP contribution in [0.2, 0.25) is 0 Å². The Labute approximate surface area is 154 Å². The third-order valence-electron chi connectivity index (χ3n) is 3.36. The lowest BCUT2D eigenvalue weighted by atomic mass is 10.0. The van der Waals surface area contributed by atoms with Crippen molar-refractivity contribution in [3.05, 3.63) is 36.5 Å². The van der Waals surface area contributed by atoms with E-state index in [1.807, 2.05) is 6.92 Å². The first-order chi connectivity index (χ1) is 12.0. The van der Waals surface area contributed by atoms with E-state index in [1.54, 1.807) is 0 Å². The van der Waals surface area contributed by atoms with Crippen LogP contribution in [0, 0.1) is 0 Å². The molecule has 0 saturated heterocycles. The zero-order valence-electron chi connectivity index (χ0n) is 15.9. The highest BCUT2D eigenvalue weighted by Gasteiger charge is 2.49. The third kappa shape index (κ3) is 6.84. The number of hydrogen-bond donors (Lipinski definition) is 1. The van der Waals surface area contributed by atoms with E-state index in [1.165, 1.54) is 20.8 Å². The molecule has 0 saturated carbocycles. The van der Waals surface area contributed by atoms with E-state index < -0.39 is 36.4 Å². The molecule has 0 heterocycles. The minimum Gasteiger partial charge on any atom is -0.451 e. The standard InChI is InChI=1S/C19H28O7/c1-8-9-10-15(24-16(21)12(2)3)19(11-20,25-17(22)13(4)5)26-18(23)14(6)7/h15,20H,2,4,6,8-11H2,1,3,5,7H3. The van der Waals surface area contributed by atoms with E-state index in [9.17, 15) is 19.5 Å². The van der Waals surface area contributed by atoms with Crippen molar-refractivity contribution in [2.45, 2.75) is 58.8 Å². The van der Waals surface area contributed by atoms with Crippen LogP contribution in [0.15, 0.2) is 36.5 Å². The molecule has 0 aliphatic rings. The maximum atomic E-state index is 12.1. The van der Waals surface area contributed by atoms with Gasteiger partial charge in [-0.05, 0) is 33.6 Å². The molecule has 0 aromatic rings. The summed E-state index contributed by atoms with van der Waals surface area (Å²) in [6.07, 6.45) is 0.239. The molecule has 0 amide bonds. The molecule has 0 spiro atoms. The number of hydrogen-bond acceptors (Lipinski definition) is 7. The molecule has 7 heteroatoms. The van der Waals surface area contributed by atoms with Gasteiger partial charge in [0.25, 0.3) is 0 Å². The van der Waals surface area contributed by atoms with Crippen LogP contribution in [0.25, 0.3) is 0 Å². The molecule has 0 aliphatic heterocycles. The molecule has 146 valence electrons. The summed E-state index contributed by atoms with van der Waals surface area (Å²) < 4.78 is 15.8. The molecule has 0 aromatic carbocycles. The second-order valence-corrected chi connectivity index (χ2v) is 6.13. The monoisotopic (exact) mass is 368 g/mol. The number of aliphatic hydroxyl groups is 1. The zero-order chi connectivity index (χ0) is 20.5. The van der Waals surface area contributed by atoms with Crippen molar-refractivity contribution in [2.75, 3.05) is 6.61 Å². The lowest BCUT2D eigenvalue weighted by Gasteiger charge is -2.37. The Kier molecular flexibility index (Phi) is 9.57. The van der Waals surface area contributed by atoms with Gasteiger partial charge in [-0.2, -0.15) is 0 Å². The molecule has 0 fully saturated rings. The minimum atomic E-state index is -2.22. The second kappa shape index (κ2) is 10.6. The summed E-state index contributed by atoms with van der Waals surface area (Å²) in [6, 6.07) is 0. The number of carbonyl (C=O) groups is 3. The topological polar surface area (TPSA) is 99.1 Å². The van der Waals surface area contributed by atoms with Gasteiger partial charge in [-0.1, -0.05) is 33.1 Å². The maximum Gasteiger partial charge on any atom is 0.336 e. The maximum absolute atomic E-state index is 12.1. The molecule has 7 nitrogen and oxygen atoms in total. The number of ether oxygens (including phenoxy) is 3. The third-order valence-corrected chi connectivity index (χ3v) is 3.36. The number of unbranched alkanes of at least 4 members (excludes halogenated alkanes) is 1. The summed E-state index contributed by atoms with van der Waals surface area (Å²) >= 11 is 0. The van der Waals surface area contributed by atoms with Gasteiger partial charge in [0, 0.05) is 16.7 Å². The lowest BCUT2D eigenvalue weighted by molar-refractivity contribution is -0.274. The van der Waals surface area contributed by atoms with Crippen LogP contribution in [-0.2, 0) is 28.6 Å². The number of esters is 3.